The number of hydrogen-bond acceptors (Lipinski definition) is 7. The standard InChI is InChI=1S/C19H22N2O5/c1-4-6-14-17(19(23)25-5-2)16(12(10-20)18(21)26-14)11-7-8-13(22)15(9-11)24-3/h7-9,16,22H,4-6,21H2,1-3H3/t16-/m0/s1. The van der Waals surface area contributed by atoms with Gasteiger partial charge < -0.3 is 25.1 Å². The fraction of sp³-hybridized carbons (Fsp3) is 0.368. The van der Waals surface area contributed by atoms with Crippen LogP contribution in [0, 0.1) is 11.3 Å². The third-order valence-corrected chi connectivity index (χ3v) is 4.01. The SMILES string of the molecule is CCCC1=C(C(=O)OCC)[C@@H](c2ccc(O)c(OC)c2)C(C#N)=C(N)O1. The summed E-state index contributed by atoms with van der Waals surface area (Å²) in [5.74, 6) is -0.794. The molecule has 0 aliphatic carbocycles. The van der Waals surface area contributed by atoms with E-state index in [0.29, 0.717) is 17.7 Å². The molecule has 7 heteroatoms. The number of hydrogen-bond donors (Lipinski definition) is 2. The van der Waals surface area contributed by atoms with E-state index in [2.05, 4.69) is 0 Å². The Morgan fingerprint density at radius 3 is 2.73 bits per heavy atom. The van der Waals surface area contributed by atoms with Crippen molar-refractivity contribution in [1.82, 2.24) is 0 Å². The highest BCUT2D eigenvalue weighted by molar-refractivity contribution is 5.92. The van der Waals surface area contributed by atoms with Crippen molar-refractivity contribution < 1.29 is 24.1 Å². The van der Waals surface area contributed by atoms with E-state index in [9.17, 15) is 15.2 Å². The molecule has 1 aliphatic rings. The van der Waals surface area contributed by atoms with Gasteiger partial charge in [-0.2, -0.15) is 5.26 Å². The van der Waals surface area contributed by atoms with E-state index in [1.165, 1.54) is 13.2 Å². The molecule has 1 aromatic carbocycles. The number of allylic oxidation sites excluding steroid dienone is 2. The van der Waals surface area contributed by atoms with Gasteiger partial charge in [0.15, 0.2) is 11.5 Å². The second kappa shape index (κ2) is 8.30. The first-order chi connectivity index (χ1) is 12.5. The normalized spacial score (nSPS) is 16.8. The summed E-state index contributed by atoms with van der Waals surface area (Å²) in [6, 6.07) is 6.65. The van der Waals surface area contributed by atoms with Crippen molar-refractivity contribution in [2.45, 2.75) is 32.6 Å². The van der Waals surface area contributed by atoms with E-state index in [1.54, 1.807) is 19.1 Å². The summed E-state index contributed by atoms with van der Waals surface area (Å²) in [5, 5.41) is 19.4. The molecule has 1 aliphatic heterocycles. The first-order valence-electron chi connectivity index (χ1n) is 8.33. The van der Waals surface area contributed by atoms with Crippen LogP contribution >= 0.6 is 0 Å². The number of ether oxygens (including phenoxy) is 3. The van der Waals surface area contributed by atoms with Gasteiger partial charge in [0, 0.05) is 6.42 Å². The third kappa shape index (κ3) is 3.59. The van der Waals surface area contributed by atoms with Gasteiger partial charge in [0.2, 0.25) is 5.88 Å². The monoisotopic (exact) mass is 358 g/mol. The van der Waals surface area contributed by atoms with Crippen molar-refractivity contribution in [3.63, 3.8) is 0 Å². The highest BCUT2D eigenvalue weighted by atomic mass is 16.5. The van der Waals surface area contributed by atoms with Gasteiger partial charge in [-0.3, -0.25) is 0 Å². The van der Waals surface area contributed by atoms with Gasteiger partial charge in [0.25, 0.3) is 0 Å². The van der Waals surface area contributed by atoms with Crippen LogP contribution < -0.4 is 10.5 Å². The second-order valence-corrected chi connectivity index (χ2v) is 5.66. The Hall–Kier alpha value is -3.14. The fourth-order valence-electron chi connectivity index (χ4n) is 2.87. The van der Waals surface area contributed by atoms with E-state index < -0.39 is 11.9 Å². The lowest BCUT2D eigenvalue weighted by Crippen LogP contribution is -2.26. The van der Waals surface area contributed by atoms with Gasteiger partial charge >= 0.3 is 5.97 Å². The number of phenolic OH excluding ortho intramolecular Hbond substituents is 1. The summed E-state index contributed by atoms with van der Waals surface area (Å²) in [5.41, 5.74) is 6.87. The number of rotatable bonds is 6. The number of benzene rings is 1. The van der Waals surface area contributed by atoms with Gasteiger partial charge in [-0.15, -0.1) is 0 Å². The zero-order valence-corrected chi connectivity index (χ0v) is 15.0. The van der Waals surface area contributed by atoms with Gasteiger partial charge in [-0.25, -0.2) is 4.79 Å². The van der Waals surface area contributed by atoms with Crippen molar-refractivity contribution in [2.24, 2.45) is 5.73 Å². The van der Waals surface area contributed by atoms with Gasteiger partial charge in [0.05, 0.1) is 25.2 Å². The number of nitrogens with two attached hydrogens (primary N) is 1. The number of phenols is 1. The minimum atomic E-state index is -0.760. The molecule has 0 saturated carbocycles. The number of carbonyl (C=O) groups is 1. The summed E-state index contributed by atoms with van der Waals surface area (Å²) in [7, 11) is 1.42. The lowest BCUT2D eigenvalue weighted by atomic mass is 9.82. The lowest BCUT2D eigenvalue weighted by molar-refractivity contribution is -0.139. The molecule has 1 aromatic rings. The molecule has 26 heavy (non-hydrogen) atoms. The predicted molar refractivity (Wildman–Crippen MR) is 93.9 cm³/mol. The van der Waals surface area contributed by atoms with Crippen LogP contribution in [0.2, 0.25) is 0 Å². The number of nitriles is 1. The Morgan fingerprint density at radius 1 is 1.42 bits per heavy atom. The predicted octanol–water partition coefficient (Wildman–Crippen LogP) is 2.83. The topological polar surface area (TPSA) is 115 Å². The van der Waals surface area contributed by atoms with Crippen LogP contribution in [-0.4, -0.2) is 24.8 Å². The van der Waals surface area contributed by atoms with Crippen LogP contribution in [0.25, 0.3) is 0 Å². The van der Waals surface area contributed by atoms with E-state index in [4.69, 9.17) is 19.9 Å². The van der Waals surface area contributed by atoms with Crippen LogP contribution in [0.5, 0.6) is 11.5 Å². The van der Waals surface area contributed by atoms with Crippen molar-refractivity contribution in [3.05, 3.63) is 46.6 Å². The lowest BCUT2D eigenvalue weighted by Gasteiger charge is -2.28. The molecule has 0 amide bonds. The molecule has 0 radical (unpaired) electrons. The van der Waals surface area contributed by atoms with E-state index in [1.807, 2.05) is 13.0 Å². The maximum Gasteiger partial charge on any atom is 0.338 e. The largest absolute Gasteiger partial charge is 0.504 e. The van der Waals surface area contributed by atoms with Crippen LogP contribution in [-0.2, 0) is 14.3 Å². The summed E-state index contributed by atoms with van der Waals surface area (Å²) >= 11 is 0. The zero-order chi connectivity index (χ0) is 19.3. The summed E-state index contributed by atoms with van der Waals surface area (Å²) in [6.07, 6.45) is 1.19. The molecule has 1 heterocycles. The molecule has 0 bridgehead atoms. The van der Waals surface area contributed by atoms with E-state index in [0.717, 1.165) is 6.42 Å². The summed E-state index contributed by atoms with van der Waals surface area (Å²) in [6.45, 7) is 3.83. The molecular weight excluding hydrogens is 336 g/mol. The number of methoxy groups -OCH3 is 1. The van der Waals surface area contributed by atoms with Crippen LogP contribution in [0.4, 0.5) is 0 Å². The molecule has 0 unspecified atom stereocenters. The molecule has 3 N–H and O–H groups in total. The number of carbonyl (C=O) groups excluding carboxylic acids is 1. The van der Waals surface area contributed by atoms with Crippen molar-refractivity contribution in [1.29, 1.82) is 5.26 Å². The maximum atomic E-state index is 12.6. The first-order valence-corrected chi connectivity index (χ1v) is 8.33. The van der Waals surface area contributed by atoms with Crippen LogP contribution in [0.3, 0.4) is 0 Å². The number of aromatic hydroxyl groups is 1. The molecular formula is C19H22N2O5. The Labute approximate surface area is 152 Å². The highest BCUT2D eigenvalue weighted by Crippen LogP contribution is 2.42. The van der Waals surface area contributed by atoms with E-state index >= 15 is 0 Å². The summed E-state index contributed by atoms with van der Waals surface area (Å²) in [4.78, 5) is 12.6. The van der Waals surface area contributed by atoms with Crippen molar-refractivity contribution in [3.8, 4) is 17.6 Å². The molecule has 0 saturated heterocycles. The molecule has 138 valence electrons. The molecule has 0 aromatic heterocycles. The Morgan fingerprint density at radius 2 is 2.15 bits per heavy atom. The van der Waals surface area contributed by atoms with Crippen molar-refractivity contribution in [2.75, 3.05) is 13.7 Å². The quantitative estimate of drug-likeness (QED) is 0.751. The van der Waals surface area contributed by atoms with Gasteiger partial charge in [0.1, 0.15) is 17.4 Å². The minimum Gasteiger partial charge on any atom is -0.504 e. The fourth-order valence-corrected chi connectivity index (χ4v) is 2.87. The van der Waals surface area contributed by atoms with Gasteiger partial charge in [-0.05, 0) is 31.0 Å². The minimum absolute atomic E-state index is 0.0407. The second-order valence-electron chi connectivity index (χ2n) is 5.66. The van der Waals surface area contributed by atoms with Crippen LogP contribution in [0.15, 0.2) is 41.0 Å². The van der Waals surface area contributed by atoms with Gasteiger partial charge in [-0.1, -0.05) is 13.0 Å². The molecule has 0 spiro atoms. The smallest absolute Gasteiger partial charge is 0.338 e. The third-order valence-electron chi connectivity index (χ3n) is 4.01. The number of esters is 1. The van der Waals surface area contributed by atoms with Crippen LogP contribution in [0.1, 0.15) is 38.2 Å². The highest BCUT2D eigenvalue weighted by Gasteiger charge is 2.37. The van der Waals surface area contributed by atoms with Crippen molar-refractivity contribution >= 4 is 5.97 Å². The first kappa shape index (κ1) is 19.2. The average molecular weight is 358 g/mol. The molecule has 0 fully saturated rings. The average Bonchev–Trinajstić information content (AvgIpc) is 2.62. The molecule has 1 atom stereocenters. The number of nitrogens with zero attached hydrogens (tertiary/aromatic N) is 1. The maximum absolute atomic E-state index is 12.6. The summed E-state index contributed by atoms with van der Waals surface area (Å²) < 4.78 is 15.9. The molecule has 7 nitrogen and oxygen atoms in total. The van der Waals surface area contributed by atoms with E-state index in [-0.39, 0.29) is 35.1 Å². The Balaban J connectivity index is 2.69. The molecule has 2 rings (SSSR count). The zero-order valence-electron chi connectivity index (χ0n) is 15.0. The Bertz CT molecular complexity index is 805. The Kier molecular flexibility index (Phi) is 6.12.